The van der Waals surface area contributed by atoms with Crippen molar-refractivity contribution in [3.8, 4) is 0 Å². The Morgan fingerprint density at radius 3 is 2.29 bits per heavy atom. The molecule has 0 aliphatic carbocycles. The average Bonchev–Trinajstić information content (AvgIpc) is 3.12. The SMILES string of the molecule is NC(=O)Nc1ccc(NC(=O)C2(n3cccn3)CCNCC2)cc1. The third-order valence-corrected chi connectivity index (χ3v) is 4.21. The van der Waals surface area contributed by atoms with Crippen LogP contribution in [-0.2, 0) is 10.3 Å². The fourth-order valence-electron chi connectivity index (χ4n) is 2.95. The van der Waals surface area contributed by atoms with Crippen LogP contribution in [-0.4, -0.2) is 34.8 Å². The average molecular weight is 328 g/mol. The van der Waals surface area contributed by atoms with Gasteiger partial charge in [0, 0.05) is 23.8 Å². The van der Waals surface area contributed by atoms with Crippen LogP contribution in [0.2, 0.25) is 0 Å². The summed E-state index contributed by atoms with van der Waals surface area (Å²) in [7, 11) is 0. The molecule has 0 radical (unpaired) electrons. The molecule has 0 bridgehead atoms. The smallest absolute Gasteiger partial charge is 0.316 e. The fraction of sp³-hybridized carbons (Fsp3) is 0.312. The zero-order chi connectivity index (χ0) is 17.0. The topological polar surface area (TPSA) is 114 Å². The van der Waals surface area contributed by atoms with E-state index in [2.05, 4.69) is 21.0 Å². The minimum Gasteiger partial charge on any atom is -0.351 e. The van der Waals surface area contributed by atoms with Gasteiger partial charge in [0.2, 0.25) is 0 Å². The van der Waals surface area contributed by atoms with Crippen LogP contribution < -0.4 is 21.7 Å². The molecule has 2 aromatic rings. The van der Waals surface area contributed by atoms with Gasteiger partial charge >= 0.3 is 6.03 Å². The molecule has 2 heterocycles. The van der Waals surface area contributed by atoms with Crippen molar-refractivity contribution in [2.75, 3.05) is 23.7 Å². The first kappa shape index (κ1) is 16.0. The van der Waals surface area contributed by atoms with Gasteiger partial charge < -0.3 is 21.7 Å². The number of carbonyl (C=O) groups is 2. The fourth-order valence-corrected chi connectivity index (χ4v) is 2.95. The number of nitrogens with zero attached hydrogens (tertiary/aromatic N) is 2. The number of nitrogens with two attached hydrogens (primary N) is 1. The van der Waals surface area contributed by atoms with E-state index in [0.29, 0.717) is 24.2 Å². The number of piperidine rings is 1. The number of aromatic nitrogens is 2. The van der Waals surface area contributed by atoms with Gasteiger partial charge in [-0.25, -0.2) is 4.79 Å². The van der Waals surface area contributed by atoms with E-state index in [1.54, 1.807) is 35.1 Å². The first-order chi connectivity index (χ1) is 11.6. The molecule has 1 aliphatic heterocycles. The maximum Gasteiger partial charge on any atom is 0.316 e. The molecular weight excluding hydrogens is 308 g/mol. The quantitative estimate of drug-likeness (QED) is 0.672. The zero-order valence-corrected chi connectivity index (χ0v) is 13.2. The second kappa shape index (κ2) is 6.71. The van der Waals surface area contributed by atoms with Gasteiger partial charge in [-0.2, -0.15) is 5.10 Å². The minimum absolute atomic E-state index is 0.0942. The first-order valence-corrected chi connectivity index (χ1v) is 7.79. The van der Waals surface area contributed by atoms with Gasteiger partial charge in [-0.1, -0.05) is 0 Å². The van der Waals surface area contributed by atoms with Crippen molar-refractivity contribution >= 4 is 23.3 Å². The van der Waals surface area contributed by atoms with Crippen LogP contribution >= 0.6 is 0 Å². The predicted molar refractivity (Wildman–Crippen MR) is 90.6 cm³/mol. The van der Waals surface area contributed by atoms with Crippen molar-refractivity contribution < 1.29 is 9.59 Å². The highest BCUT2D eigenvalue weighted by Gasteiger charge is 2.41. The lowest BCUT2D eigenvalue weighted by molar-refractivity contribution is -0.126. The first-order valence-electron chi connectivity index (χ1n) is 7.79. The normalized spacial score (nSPS) is 16.3. The summed E-state index contributed by atoms with van der Waals surface area (Å²) >= 11 is 0. The molecule has 0 saturated carbocycles. The van der Waals surface area contributed by atoms with Crippen molar-refractivity contribution in [1.82, 2.24) is 15.1 Å². The number of urea groups is 1. The zero-order valence-electron chi connectivity index (χ0n) is 13.2. The summed E-state index contributed by atoms with van der Waals surface area (Å²) in [5.41, 5.74) is 5.61. The number of primary amides is 1. The van der Waals surface area contributed by atoms with E-state index in [9.17, 15) is 9.59 Å². The third kappa shape index (κ3) is 3.23. The molecule has 1 saturated heterocycles. The van der Waals surface area contributed by atoms with Gasteiger partial charge in [-0.3, -0.25) is 9.48 Å². The van der Waals surface area contributed by atoms with Crippen molar-refractivity contribution in [2.24, 2.45) is 5.73 Å². The third-order valence-electron chi connectivity index (χ3n) is 4.21. The molecule has 8 heteroatoms. The maximum atomic E-state index is 13.0. The summed E-state index contributed by atoms with van der Waals surface area (Å²) in [6.07, 6.45) is 4.84. The number of benzene rings is 1. The molecule has 0 unspecified atom stereocenters. The lowest BCUT2D eigenvalue weighted by atomic mass is 9.87. The van der Waals surface area contributed by atoms with E-state index in [0.717, 1.165) is 13.1 Å². The molecule has 1 fully saturated rings. The Bertz CT molecular complexity index is 705. The summed E-state index contributed by atoms with van der Waals surface area (Å²) in [6, 6.07) is 8.01. The summed E-state index contributed by atoms with van der Waals surface area (Å²) in [5, 5.41) is 13.0. The molecule has 3 rings (SSSR count). The Balaban J connectivity index is 1.77. The number of amides is 3. The number of nitrogens with one attached hydrogen (secondary N) is 3. The van der Waals surface area contributed by atoms with Crippen LogP contribution in [0.3, 0.4) is 0 Å². The number of carbonyl (C=O) groups excluding carboxylic acids is 2. The van der Waals surface area contributed by atoms with E-state index < -0.39 is 11.6 Å². The molecular formula is C16H20N6O2. The molecule has 24 heavy (non-hydrogen) atoms. The second-order valence-corrected chi connectivity index (χ2v) is 5.75. The molecule has 1 aliphatic rings. The van der Waals surface area contributed by atoms with Gasteiger partial charge in [-0.15, -0.1) is 0 Å². The summed E-state index contributed by atoms with van der Waals surface area (Å²) in [4.78, 5) is 23.8. The Morgan fingerprint density at radius 2 is 1.75 bits per heavy atom. The highest BCUT2D eigenvalue weighted by Crippen LogP contribution is 2.29. The number of rotatable bonds is 4. The van der Waals surface area contributed by atoms with E-state index in [1.807, 2.05) is 12.3 Å². The lowest BCUT2D eigenvalue weighted by Crippen LogP contribution is -2.52. The standard InChI is InChI=1S/C16H20N6O2/c17-15(24)21-13-4-2-12(3-5-13)20-14(23)16(6-9-18-10-7-16)22-11-1-8-19-22/h1-5,8,11,18H,6-7,9-10H2,(H,20,23)(H3,17,21,24). The van der Waals surface area contributed by atoms with Crippen molar-refractivity contribution in [3.05, 3.63) is 42.7 Å². The number of hydrogen-bond donors (Lipinski definition) is 4. The van der Waals surface area contributed by atoms with Crippen LogP contribution in [0.1, 0.15) is 12.8 Å². The largest absolute Gasteiger partial charge is 0.351 e. The molecule has 8 nitrogen and oxygen atoms in total. The van der Waals surface area contributed by atoms with Gasteiger partial charge in [0.25, 0.3) is 5.91 Å². The van der Waals surface area contributed by atoms with Crippen molar-refractivity contribution in [1.29, 1.82) is 0 Å². The highest BCUT2D eigenvalue weighted by molar-refractivity contribution is 5.97. The summed E-state index contributed by atoms with van der Waals surface area (Å²) in [5.74, 6) is -0.0942. The molecule has 126 valence electrons. The van der Waals surface area contributed by atoms with Crippen LogP contribution in [0.15, 0.2) is 42.7 Å². The second-order valence-electron chi connectivity index (χ2n) is 5.75. The van der Waals surface area contributed by atoms with E-state index in [4.69, 9.17) is 5.73 Å². The van der Waals surface area contributed by atoms with E-state index in [-0.39, 0.29) is 5.91 Å². The number of hydrogen-bond acceptors (Lipinski definition) is 4. The van der Waals surface area contributed by atoms with Crippen LogP contribution in [0.25, 0.3) is 0 Å². The molecule has 1 aromatic carbocycles. The molecule has 1 aromatic heterocycles. The number of anilines is 2. The van der Waals surface area contributed by atoms with Crippen molar-refractivity contribution in [2.45, 2.75) is 18.4 Å². The van der Waals surface area contributed by atoms with Crippen molar-refractivity contribution in [3.63, 3.8) is 0 Å². The Labute approximate surface area is 139 Å². The van der Waals surface area contributed by atoms with Gasteiger partial charge in [0.1, 0.15) is 5.54 Å². The van der Waals surface area contributed by atoms with Crippen LogP contribution in [0.4, 0.5) is 16.2 Å². The van der Waals surface area contributed by atoms with Gasteiger partial charge in [0.15, 0.2) is 0 Å². The Morgan fingerprint density at radius 1 is 1.12 bits per heavy atom. The highest BCUT2D eigenvalue weighted by atomic mass is 16.2. The van der Waals surface area contributed by atoms with Crippen LogP contribution in [0, 0.1) is 0 Å². The maximum absolute atomic E-state index is 13.0. The molecule has 0 atom stereocenters. The molecule has 5 N–H and O–H groups in total. The van der Waals surface area contributed by atoms with E-state index >= 15 is 0 Å². The Kier molecular flexibility index (Phi) is 4.48. The lowest BCUT2D eigenvalue weighted by Gasteiger charge is -2.36. The van der Waals surface area contributed by atoms with Gasteiger partial charge in [-0.05, 0) is 56.3 Å². The monoisotopic (exact) mass is 328 g/mol. The Hall–Kier alpha value is -2.87. The van der Waals surface area contributed by atoms with Gasteiger partial charge in [0.05, 0.1) is 0 Å². The molecule has 3 amide bonds. The summed E-state index contributed by atoms with van der Waals surface area (Å²) in [6.45, 7) is 1.52. The van der Waals surface area contributed by atoms with E-state index in [1.165, 1.54) is 0 Å². The summed E-state index contributed by atoms with van der Waals surface area (Å²) < 4.78 is 1.74. The minimum atomic E-state index is -0.696. The van der Waals surface area contributed by atoms with Crippen LogP contribution in [0.5, 0.6) is 0 Å². The predicted octanol–water partition coefficient (Wildman–Crippen LogP) is 1.09. The molecule has 0 spiro atoms.